The maximum absolute atomic E-state index is 11.6. The first kappa shape index (κ1) is 14.9. The summed E-state index contributed by atoms with van der Waals surface area (Å²) >= 11 is 1.69. The van der Waals surface area contributed by atoms with E-state index >= 15 is 0 Å². The molecule has 3 heterocycles. The summed E-state index contributed by atoms with van der Waals surface area (Å²) in [7, 11) is 1.53. The van der Waals surface area contributed by atoms with E-state index in [9.17, 15) is 4.79 Å². The van der Waals surface area contributed by atoms with Crippen molar-refractivity contribution in [1.82, 2.24) is 15.2 Å². The van der Waals surface area contributed by atoms with Crippen LogP contribution in [-0.4, -0.2) is 62.4 Å². The molecule has 0 aliphatic carbocycles. The topological polar surface area (TPSA) is 63.7 Å². The first-order valence-electron chi connectivity index (χ1n) is 7.16. The van der Waals surface area contributed by atoms with Gasteiger partial charge in [-0.25, -0.2) is 4.98 Å². The molecule has 1 aromatic heterocycles. The van der Waals surface area contributed by atoms with Crippen LogP contribution < -0.4 is 5.32 Å². The summed E-state index contributed by atoms with van der Waals surface area (Å²) in [6.07, 6.45) is 1.85. The van der Waals surface area contributed by atoms with Crippen molar-refractivity contribution in [2.45, 2.75) is 6.54 Å². The number of carbonyl (C=O) groups is 1. The molecule has 2 atom stereocenters. The molecule has 2 fully saturated rings. The van der Waals surface area contributed by atoms with Gasteiger partial charge in [-0.1, -0.05) is 0 Å². The molecular weight excluding hydrogens is 290 g/mol. The number of nitrogens with one attached hydrogen (secondary N) is 1. The maximum Gasteiger partial charge on any atom is 0.246 e. The van der Waals surface area contributed by atoms with E-state index in [1.165, 1.54) is 7.11 Å². The summed E-state index contributed by atoms with van der Waals surface area (Å²) < 4.78 is 10.5. The Morgan fingerprint density at radius 1 is 1.71 bits per heavy atom. The first-order chi connectivity index (χ1) is 10.2. The van der Waals surface area contributed by atoms with E-state index < -0.39 is 0 Å². The fourth-order valence-electron chi connectivity index (χ4n) is 3.29. The van der Waals surface area contributed by atoms with Crippen LogP contribution in [0.3, 0.4) is 0 Å². The van der Waals surface area contributed by atoms with E-state index in [2.05, 4.69) is 15.2 Å². The summed E-state index contributed by atoms with van der Waals surface area (Å²) in [6.45, 7) is 5.14. The number of nitrogens with zero attached hydrogens (tertiary/aromatic N) is 2. The maximum atomic E-state index is 11.6. The van der Waals surface area contributed by atoms with E-state index in [0.717, 1.165) is 37.9 Å². The van der Waals surface area contributed by atoms with E-state index in [1.807, 2.05) is 11.6 Å². The van der Waals surface area contributed by atoms with Gasteiger partial charge < -0.3 is 14.8 Å². The molecule has 0 radical (unpaired) electrons. The highest BCUT2D eigenvalue weighted by atomic mass is 32.1. The average molecular weight is 311 g/mol. The highest BCUT2D eigenvalue weighted by Crippen LogP contribution is 2.41. The van der Waals surface area contributed by atoms with Crippen LogP contribution in [0.5, 0.6) is 0 Å². The Hall–Kier alpha value is -1.02. The summed E-state index contributed by atoms with van der Waals surface area (Å²) in [5, 5.41) is 6.14. The molecule has 1 amide bonds. The van der Waals surface area contributed by atoms with Crippen LogP contribution in [-0.2, 0) is 20.8 Å². The standard InChI is InChI=1S/C14H21N3O3S/c1-19-7-12(18)16-8-14-9-17(4-11(14)6-20-10-14)5-13-15-2-3-21-13/h2-3,11H,4-10H2,1H3,(H,16,18)/t11-,14+/m0/s1. The van der Waals surface area contributed by atoms with Crippen LogP contribution in [0.15, 0.2) is 11.6 Å². The number of fused-ring (bicyclic) bond motifs is 1. The molecular formula is C14H21N3O3S. The largest absolute Gasteiger partial charge is 0.380 e. The van der Waals surface area contributed by atoms with Crippen LogP contribution in [0.25, 0.3) is 0 Å². The number of likely N-dealkylation sites (tertiary alicyclic amines) is 1. The second-order valence-electron chi connectivity index (χ2n) is 5.88. The van der Waals surface area contributed by atoms with Gasteiger partial charge in [0.25, 0.3) is 0 Å². The van der Waals surface area contributed by atoms with Gasteiger partial charge in [0.05, 0.1) is 19.8 Å². The van der Waals surface area contributed by atoms with Gasteiger partial charge in [-0.2, -0.15) is 0 Å². The lowest BCUT2D eigenvalue weighted by Gasteiger charge is -2.27. The van der Waals surface area contributed by atoms with E-state index in [0.29, 0.717) is 12.5 Å². The van der Waals surface area contributed by atoms with Crippen molar-refractivity contribution >= 4 is 17.2 Å². The van der Waals surface area contributed by atoms with Crippen molar-refractivity contribution in [1.29, 1.82) is 0 Å². The minimum absolute atomic E-state index is 0.0423. The van der Waals surface area contributed by atoms with Gasteiger partial charge in [0.15, 0.2) is 0 Å². The van der Waals surface area contributed by atoms with Crippen LogP contribution >= 0.6 is 11.3 Å². The SMILES string of the molecule is COCC(=O)NC[C@@]12COC[C@@H]1CN(Cc1nccs1)C2. The number of thiazole rings is 1. The number of hydrogen-bond acceptors (Lipinski definition) is 6. The molecule has 2 aliphatic rings. The fraction of sp³-hybridized carbons (Fsp3) is 0.714. The molecule has 0 bridgehead atoms. The third kappa shape index (κ3) is 3.26. The molecule has 116 valence electrons. The van der Waals surface area contributed by atoms with Crippen molar-refractivity contribution in [2.24, 2.45) is 11.3 Å². The van der Waals surface area contributed by atoms with Gasteiger partial charge in [-0.15, -0.1) is 11.3 Å². The highest BCUT2D eigenvalue weighted by Gasteiger charge is 2.50. The van der Waals surface area contributed by atoms with Gasteiger partial charge >= 0.3 is 0 Å². The van der Waals surface area contributed by atoms with Crippen LogP contribution in [0.1, 0.15) is 5.01 Å². The molecule has 3 rings (SSSR count). The minimum atomic E-state index is -0.0594. The molecule has 1 N–H and O–H groups in total. The van der Waals surface area contributed by atoms with Crippen molar-refractivity contribution in [3.8, 4) is 0 Å². The van der Waals surface area contributed by atoms with Gasteiger partial charge in [-0.3, -0.25) is 9.69 Å². The average Bonchev–Trinajstić information content (AvgIpc) is 3.13. The summed E-state index contributed by atoms with van der Waals surface area (Å²) in [6, 6.07) is 0. The van der Waals surface area contributed by atoms with Gasteiger partial charge in [-0.05, 0) is 0 Å². The van der Waals surface area contributed by atoms with Crippen molar-refractivity contribution in [3.63, 3.8) is 0 Å². The number of aromatic nitrogens is 1. The Kier molecular flexibility index (Phi) is 4.54. The van der Waals surface area contributed by atoms with Gasteiger partial charge in [0.1, 0.15) is 11.6 Å². The normalized spacial score (nSPS) is 28.7. The molecule has 0 spiro atoms. The van der Waals surface area contributed by atoms with Gasteiger partial charge in [0.2, 0.25) is 5.91 Å². The lowest BCUT2D eigenvalue weighted by Crippen LogP contribution is -2.44. The zero-order valence-corrected chi connectivity index (χ0v) is 13.0. The summed E-state index contributed by atoms with van der Waals surface area (Å²) in [5.74, 6) is 0.427. The van der Waals surface area contributed by atoms with Crippen LogP contribution in [0.2, 0.25) is 0 Å². The number of rotatable bonds is 6. The Bertz CT molecular complexity index is 482. The lowest BCUT2D eigenvalue weighted by molar-refractivity contribution is -0.125. The summed E-state index contributed by atoms with van der Waals surface area (Å²) in [5.41, 5.74) is 0.0423. The number of hydrogen-bond donors (Lipinski definition) is 1. The number of ether oxygens (including phenoxy) is 2. The van der Waals surface area contributed by atoms with Crippen molar-refractivity contribution in [2.75, 3.05) is 46.6 Å². The monoisotopic (exact) mass is 311 g/mol. The predicted molar refractivity (Wildman–Crippen MR) is 79.0 cm³/mol. The zero-order chi connectivity index (χ0) is 14.7. The molecule has 1 aromatic rings. The summed E-state index contributed by atoms with van der Waals surface area (Å²) in [4.78, 5) is 18.4. The third-order valence-electron chi connectivity index (χ3n) is 4.35. The van der Waals surface area contributed by atoms with E-state index in [-0.39, 0.29) is 17.9 Å². The lowest BCUT2D eigenvalue weighted by atomic mass is 9.81. The molecule has 21 heavy (non-hydrogen) atoms. The predicted octanol–water partition coefficient (Wildman–Crippen LogP) is 0.354. The van der Waals surface area contributed by atoms with E-state index in [1.54, 1.807) is 11.3 Å². The van der Waals surface area contributed by atoms with Crippen molar-refractivity contribution < 1.29 is 14.3 Å². The molecule has 0 saturated carbocycles. The Morgan fingerprint density at radius 3 is 3.38 bits per heavy atom. The molecule has 2 saturated heterocycles. The minimum Gasteiger partial charge on any atom is -0.380 e. The van der Waals surface area contributed by atoms with Crippen LogP contribution in [0, 0.1) is 11.3 Å². The zero-order valence-electron chi connectivity index (χ0n) is 12.2. The highest BCUT2D eigenvalue weighted by molar-refractivity contribution is 7.09. The second-order valence-corrected chi connectivity index (χ2v) is 6.86. The Balaban J connectivity index is 1.59. The first-order valence-corrected chi connectivity index (χ1v) is 8.04. The Labute approximate surface area is 128 Å². The third-order valence-corrected chi connectivity index (χ3v) is 5.11. The molecule has 7 heteroatoms. The van der Waals surface area contributed by atoms with E-state index in [4.69, 9.17) is 9.47 Å². The second kappa shape index (κ2) is 6.39. The fourth-order valence-corrected chi connectivity index (χ4v) is 3.95. The van der Waals surface area contributed by atoms with Crippen LogP contribution in [0.4, 0.5) is 0 Å². The number of carbonyl (C=O) groups excluding carboxylic acids is 1. The van der Waals surface area contributed by atoms with Crippen molar-refractivity contribution in [3.05, 3.63) is 16.6 Å². The number of amides is 1. The Morgan fingerprint density at radius 2 is 2.62 bits per heavy atom. The quantitative estimate of drug-likeness (QED) is 0.821. The van der Waals surface area contributed by atoms with Gasteiger partial charge in [0, 0.05) is 49.7 Å². The molecule has 0 aromatic carbocycles. The molecule has 0 unspecified atom stereocenters. The number of methoxy groups -OCH3 is 1. The molecule has 2 aliphatic heterocycles. The smallest absolute Gasteiger partial charge is 0.246 e. The molecule has 6 nitrogen and oxygen atoms in total.